The molecule has 0 atom stereocenters. The molecule has 6 heteroatoms. The van der Waals surface area contributed by atoms with E-state index in [1.165, 1.54) is 11.8 Å². The van der Waals surface area contributed by atoms with E-state index in [9.17, 15) is 9.59 Å². The molecule has 0 spiro atoms. The second kappa shape index (κ2) is 10.4. The van der Waals surface area contributed by atoms with E-state index in [0.717, 1.165) is 21.4 Å². The van der Waals surface area contributed by atoms with Gasteiger partial charge in [-0.05, 0) is 35.0 Å². The van der Waals surface area contributed by atoms with Crippen molar-refractivity contribution < 1.29 is 19.1 Å². The smallest absolute Gasteiger partial charge is 0.316 e. The maximum atomic E-state index is 11.9. The quantitative estimate of drug-likeness (QED) is 0.340. The number of nitrogens with one attached hydrogen (secondary N) is 1. The fourth-order valence-corrected chi connectivity index (χ4v) is 3.26. The Balaban J connectivity index is 1.31. The third-order valence-corrected chi connectivity index (χ3v) is 4.85. The van der Waals surface area contributed by atoms with Crippen LogP contribution in [-0.2, 0) is 14.3 Å². The molecular weight excluding hydrogens is 374 g/mol. The molecular formula is C22H21NO4S. The van der Waals surface area contributed by atoms with Crippen molar-refractivity contribution >= 4 is 34.4 Å². The van der Waals surface area contributed by atoms with Gasteiger partial charge in [0, 0.05) is 4.90 Å². The van der Waals surface area contributed by atoms with Crippen molar-refractivity contribution in [2.24, 2.45) is 0 Å². The van der Waals surface area contributed by atoms with Gasteiger partial charge in [-0.25, -0.2) is 0 Å². The van der Waals surface area contributed by atoms with Crippen molar-refractivity contribution in [3.63, 3.8) is 0 Å². The van der Waals surface area contributed by atoms with Crippen LogP contribution in [0.2, 0.25) is 0 Å². The normalized spacial score (nSPS) is 10.4. The van der Waals surface area contributed by atoms with Crippen molar-refractivity contribution in [2.75, 3.05) is 25.5 Å². The Bertz CT molecular complexity index is 930. The van der Waals surface area contributed by atoms with E-state index < -0.39 is 5.97 Å². The zero-order valence-electron chi connectivity index (χ0n) is 15.3. The molecule has 0 saturated carbocycles. The number of carbonyl (C=O) groups excluding carboxylic acids is 2. The van der Waals surface area contributed by atoms with E-state index in [2.05, 4.69) is 5.32 Å². The van der Waals surface area contributed by atoms with E-state index >= 15 is 0 Å². The summed E-state index contributed by atoms with van der Waals surface area (Å²) in [5, 5.41) is 4.93. The van der Waals surface area contributed by atoms with Crippen LogP contribution in [0.4, 0.5) is 0 Å². The van der Waals surface area contributed by atoms with E-state index in [4.69, 9.17) is 9.47 Å². The van der Waals surface area contributed by atoms with Crippen molar-refractivity contribution in [1.29, 1.82) is 0 Å². The van der Waals surface area contributed by atoms with Crippen LogP contribution in [0.3, 0.4) is 0 Å². The van der Waals surface area contributed by atoms with Crippen LogP contribution in [0, 0.1) is 0 Å². The number of hydrogen-bond acceptors (Lipinski definition) is 5. The van der Waals surface area contributed by atoms with Gasteiger partial charge in [-0.2, -0.15) is 0 Å². The topological polar surface area (TPSA) is 64.6 Å². The first-order valence-electron chi connectivity index (χ1n) is 8.92. The van der Waals surface area contributed by atoms with Crippen LogP contribution in [0.1, 0.15) is 0 Å². The maximum Gasteiger partial charge on any atom is 0.316 e. The van der Waals surface area contributed by atoms with E-state index in [-0.39, 0.29) is 18.3 Å². The van der Waals surface area contributed by atoms with Crippen LogP contribution in [0.5, 0.6) is 5.75 Å². The largest absolute Gasteiger partial charge is 0.492 e. The van der Waals surface area contributed by atoms with Gasteiger partial charge in [-0.15, -0.1) is 11.8 Å². The zero-order chi connectivity index (χ0) is 19.6. The van der Waals surface area contributed by atoms with Gasteiger partial charge in [0.1, 0.15) is 12.4 Å². The van der Waals surface area contributed by atoms with Crippen molar-refractivity contribution in [3.8, 4) is 5.75 Å². The van der Waals surface area contributed by atoms with E-state index in [1.807, 2.05) is 72.8 Å². The summed E-state index contributed by atoms with van der Waals surface area (Å²) < 4.78 is 10.5. The third-order valence-electron chi connectivity index (χ3n) is 3.88. The molecule has 0 aliphatic heterocycles. The average molecular weight is 395 g/mol. The highest BCUT2D eigenvalue weighted by atomic mass is 32.2. The molecule has 5 nitrogen and oxygen atoms in total. The Morgan fingerprint density at radius 3 is 2.46 bits per heavy atom. The molecule has 0 aliphatic carbocycles. The first-order chi connectivity index (χ1) is 13.7. The second-order valence-electron chi connectivity index (χ2n) is 5.97. The lowest BCUT2D eigenvalue weighted by Crippen LogP contribution is -2.32. The summed E-state index contributed by atoms with van der Waals surface area (Å²) in [5.41, 5.74) is 0. The molecule has 0 aromatic heterocycles. The molecule has 0 radical (unpaired) electrons. The van der Waals surface area contributed by atoms with Crippen molar-refractivity contribution in [1.82, 2.24) is 5.32 Å². The summed E-state index contributed by atoms with van der Waals surface area (Å²) >= 11 is 1.39. The summed E-state index contributed by atoms with van der Waals surface area (Å²) in [7, 11) is 0. The standard InChI is InChI=1S/C22H21NO4S/c24-21(23-12-13-26-19-8-2-1-3-9-19)15-27-22(25)16-28-20-11-10-17-6-4-5-7-18(17)14-20/h1-11,14H,12-13,15-16H2,(H,23,24). The number of para-hydroxylation sites is 1. The first kappa shape index (κ1) is 19.8. The minimum absolute atomic E-state index is 0.155. The number of carbonyl (C=O) groups is 2. The van der Waals surface area contributed by atoms with Crippen molar-refractivity contribution in [3.05, 3.63) is 72.8 Å². The van der Waals surface area contributed by atoms with Gasteiger partial charge in [0.2, 0.25) is 0 Å². The molecule has 0 saturated heterocycles. The van der Waals surface area contributed by atoms with Crippen LogP contribution in [0.15, 0.2) is 77.7 Å². The molecule has 28 heavy (non-hydrogen) atoms. The zero-order valence-corrected chi connectivity index (χ0v) is 16.1. The maximum absolute atomic E-state index is 11.9. The number of amides is 1. The SMILES string of the molecule is O=C(COC(=O)CSc1ccc2ccccc2c1)NCCOc1ccccc1. The average Bonchev–Trinajstić information content (AvgIpc) is 2.74. The monoisotopic (exact) mass is 395 g/mol. The lowest BCUT2D eigenvalue weighted by atomic mass is 10.1. The Morgan fingerprint density at radius 1 is 0.893 bits per heavy atom. The van der Waals surface area contributed by atoms with Gasteiger partial charge >= 0.3 is 5.97 Å². The van der Waals surface area contributed by atoms with Gasteiger partial charge in [-0.3, -0.25) is 9.59 Å². The summed E-state index contributed by atoms with van der Waals surface area (Å²) in [6, 6.07) is 23.4. The number of benzene rings is 3. The molecule has 3 aromatic carbocycles. The molecule has 0 heterocycles. The van der Waals surface area contributed by atoms with E-state index in [1.54, 1.807) is 0 Å². The fourth-order valence-electron chi connectivity index (χ4n) is 2.51. The highest BCUT2D eigenvalue weighted by Crippen LogP contribution is 2.23. The minimum Gasteiger partial charge on any atom is -0.492 e. The summed E-state index contributed by atoms with van der Waals surface area (Å²) in [6.07, 6.45) is 0. The molecule has 0 fully saturated rings. The lowest BCUT2D eigenvalue weighted by molar-refractivity contribution is -0.145. The lowest BCUT2D eigenvalue weighted by Gasteiger charge is -2.08. The number of hydrogen-bond donors (Lipinski definition) is 1. The molecule has 0 unspecified atom stereocenters. The van der Waals surface area contributed by atoms with Crippen LogP contribution >= 0.6 is 11.8 Å². The van der Waals surface area contributed by atoms with Crippen molar-refractivity contribution in [2.45, 2.75) is 4.90 Å². The van der Waals surface area contributed by atoms with E-state index in [0.29, 0.717) is 13.2 Å². The third kappa shape index (κ3) is 6.32. The first-order valence-corrected chi connectivity index (χ1v) is 9.91. The van der Waals surface area contributed by atoms with Crippen LogP contribution < -0.4 is 10.1 Å². The summed E-state index contributed by atoms with van der Waals surface area (Å²) in [4.78, 5) is 24.6. The molecule has 1 N–H and O–H groups in total. The predicted molar refractivity (Wildman–Crippen MR) is 111 cm³/mol. The number of esters is 1. The molecule has 144 valence electrons. The molecule has 0 bridgehead atoms. The molecule has 0 aliphatic rings. The van der Waals surface area contributed by atoms with Gasteiger partial charge in [0.05, 0.1) is 12.3 Å². The summed E-state index contributed by atoms with van der Waals surface area (Å²) in [5.74, 6) is 0.131. The fraction of sp³-hybridized carbons (Fsp3) is 0.182. The highest BCUT2D eigenvalue weighted by molar-refractivity contribution is 8.00. The molecule has 1 amide bonds. The summed E-state index contributed by atoms with van der Waals surface area (Å²) in [6.45, 7) is 0.404. The number of rotatable bonds is 9. The van der Waals surface area contributed by atoms with Crippen LogP contribution in [0.25, 0.3) is 10.8 Å². The van der Waals surface area contributed by atoms with Gasteiger partial charge in [0.15, 0.2) is 6.61 Å². The predicted octanol–water partition coefficient (Wildman–Crippen LogP) is 3.67. The van der Waals surface area contributed by atoms with Gasteiger partial charge in [0.25, 0.3) is 5.91 Å². The highest BCUT2D eigenvalue weighted by Gasteiger charge is 2.08. The van der Waals surface area contributed by atoms with Gasteiger partial charge < -0.3 is 14.8 Å². The number of ether oxygens (including phenoxy) is 2. The number of fused-ring (bicyclic) bond motifs is 1. The Kier molecular flexibility index (Phi) is 7.32. The Labute approximate surface area is 168 Å². The number of thioether (sulfide) groups is 1. The Morgan fingerprint density at radius 2 is 1.64 bits per heavy atom. The minimum atomic E-state index is -0.422. The van der Waals surface area contributed by atoms with Crippen LogP contribution in [-0.4, -0.2) is 37.4 Å². The molecule has 3 aromatic rings. The van der Waals surface area contributed by atoms with Gasteiger partial charge in [-0.1, -0.05) is 48.5 Å². The second-order valence-corrected chi connectivity index (χ2v) is 7.02. The molecule has 3 rings (SSSR count). The Hall–Kier alpha value is -2.99.